The quantitative estimate of drug-likeness (QED) is 0.703. The normalized spacial score (nSPS) is 17.2. The van der Waals surface area contributed by atoms with E-state index in [2.05, 4.69) is 15.5 Å². The monoisotopic (exact) mass is 388 g/mol. The van der Waals surface area contributed by atoms with E-state index in [9.17, 15) is 4.39 Å². The number of hydrogen-bond acceptors (Lipinski definition) is 6. The molecule has 8 heteroatoms. The summed E-state index contributed by atoms with van der Waals surface area (Å²) in [5.74, 6) is 0.845. The van der Waals surface area contributed by atoms with E-state index in [1.54, 1.807) is 12.3 Å². The van der Waals surface area contributed by atoms with E-state index in [4.69, 9.17) is 21.1 Å². The zero-order chi connectivity index (χ0) is 18.3. The van der Waals surface area contributed by atoms with Crippen LogP contribution in [0, 0.1) is 12.7 Å². The third-order valence-electron chi connectivity index (χ3n) is 4.03. The maximum absolute atomic E-state index is 13.5. The van der Waals surface area contributed by atoms with Crippen LogP contribution in [-0.4, -0.2) is 16.0 Å². The third-order valence-corrected chi connectivity index (χ3v) is 5.13. The van der Waals surface area contributed by atoms with Gasteiger partial charge in [-0.25, -0.2) is 9.37 Å². The Labute approximate surface area is 158 Å². The topological polar surface area (TPSA) is 63.3 Å². The molecule has 0 saturated heterocycles. The maximum atomic E-state index is 13.5. The third kappa shape index (κ3) is 3.04. The zero-order valence-corrected chi connectivity index (χ0v) is 15.5. The lowest BCUT2D eigenvalue weighted by atomic mass is 9.94. The molecule has 1 aromatic carbocycles. The molecule has 1 atom stereocenters. The number of amidine groups is 1. The second kappa shape index (κ2) is 6.66. The Morgan fingerprint density at radius 1 is 1.27 bits per heavy atom. The minimum atomic E-state index is -0.462. The molecule has 1 aliphatic heterocycles. The second-order valence-electron chi connectivity index (χ2n) is 5.88. The van der Waals surface area contributed by atoms with Gasteiger partial charge in [0.05, 0.1) is 5.69 Å². The molecule has 0 bridgehead atoms. The van der Waals surface area contributed by atoms with Crippen LogP contribution in [0.15, 0.2) is 51.1 Å². The van der Waals surface area contributed by atoms with Crippen molar-refractivity contribution in [1.82, 2.24) is 15.5 Å². The molecular formula is C18H14ClFN4OS. The molecule has 1 N–H and O–H groups in total. The predicted octanol–water partition coefficient (Wildman–Crippen LogP) is 4.75. The summed E-state index contributed by atoms with van der Waals surface area (Å²) in [6.07, 6.45) is 1.72. The maximum Gasteiger partial charge on any atom is 0.167 e. The number of aryl methyl sites for hydroxylation is 1. The molecule has 3 heterocycles. The number of hydrogen-bond donors (Lipinski definition) is 1. The van der Waals surface area contributed by atoms with Crippen LogP contribution in [0.5, 0.6) is 0 Å². The van der Waals surface area contributed by atoms with E-state index < -0.39 is 11.9 Å². The molecule has 3 aromatic rings. The van der Waals surface area contributed by atoms with E-state index >= 15 is 0 Å². The molecule has 26 heavy (non-hydrogen) atoms. The lowest BCUT2D eigenvalue weighted by Gasteiger charge is -2.25. The van der Waals surface area contributed by atoms with Crippen LogP contribution >= 0.6 is 22.9 Å². The molecule has 0 amide bonds. The van der Waals surface area contributed by atoms with Gasteiger partial charge in [0.1, 0.15) is 11.9 Å². The fourth-order valence-corrected chi connectivity index (χ4v) is 3.74. The number of aromatic nitrogens is 2. The highest BCUT2D eigenvalue weighted by Gasteiger charge is 2.30. The number of benzene rings is 1. The standard InChI is InChI=1S/C18H14ClFN4OS/c1-9-7-14(25-24-9)15-10(2)22-17(18-21-5-6-26-18)23-16(15)12-4-3-11(20)8-13(12)19/h3-8,16H,1-2H3,(H,22,23). The first kappa shape index (κ1) is 16.9. The summed E-state index contributed by atoms with van der Waals surface area (Å²) in [5.41, 5.74) is 3.11. The number of halogens is 2. The van der Waals surface area contributed by atoms with Crippen LogP contribution in [0.3, 0.4) is 0 Å². The summed E-state index contributed by atoms with van der Waals surface area (Å²) in [5, 5.41) is 10.2. The molecule has 2 aromatic heterocycles. The summed E-state index contributed by atoms with van der Waals surface area (Å²) in [6, 6.07) is 5.69. The second-order valence-corrected chi connectivity index (χ2v) is 7.18. The van der Waals surface area contributed by atoms with Gasteiger partial charge in [-0.3, -0.25) is 4.99 Å². The molecule has 132 valence electrons. The van der Waals surface area contributed by atoms with E-state index in [0.29, 0.717) is 22.2 Å². The molecule has 0 saturated carbocycles. The zero-order valence-electron chi connectivity index (χ0n) is 14.0. The summed E-state index contributed by atoms with van der Waals surface area (Å²) in [7, 11) is 0. The van der Waals surface area contributed by atoms with Crippen LogP contribution in [0.25, 0.3) is 5.57 Å². The van der Waals surface area contributed by atoms with Gasteiger partial charge >= 0.3 is 0 Å². The molecule has 4 rings (SSSR count). The minimum absolute atomic E-state index is 0.306. The largest absolute Gasteiger partial charge is 0.356 e. The summed E-state index contributed by atoms with van der Waals surface area (Å²) in [6.45, 7) is 3.78. The van der Waals surface area contributed by atoms with Gasteiger partial charge in [-0.05, 0) is 26.0 Å². The van der Waals surface area contributed by atoms with Gasteiger partial charge < -0.3 is 9.84 Å². The highest BCUT2D eigenvalue weighted by Crippen LogP contribution is 2.41. The van der Waals surface area contributed by atoms with Gasteiger partial charge in [0.2, 0.25) is 0 Å². The van der Waals surface area contributed by atoms with Gasteiger partial charge in [-0.15, -0.1) is 11.3 Å². The lowest BCUT2D eigenvalue weighted by molar-refractivity contribution is 0.402. The van der Waals surface area contributed by atoms with E-state index in [-0.39, 0.29) is 0 Å². The molecule has 0 fully saturated rings. The van der Waals surface area contributed by atoms with Crippen molar-refractivity contribution in [2.24, 2.45) is 4.99 Å². The summed E-state index contributed by atoms with van der Waals surface area (Å²) >= 11 is 7.81. The van der Waals surface area contributed by atoms with Crippen LogP contribution in [0.4, 0.5) is 4.39 Å². The van der Waals surface area contributed by atoms with E-state index in [1.165, 1.54) is 23.5 Å². The molecule has 0 spiro atoms. The van der Waals surface area contributed by atoms with Crippen molar-refractivity contribution in [3.8, 4) is 0 Å². The van der Waals surface area contributed by atoms with Gasteiger partial charge in [0.15, 0.2) is 16.6 Å². The fourth-order valence-electron chi connectivity index (χ4n) is 2.88. The Hall–Kier alpha value is -2.51. The van der Waals surface area contributed by atoms with Crippen molar-refractivity contribution in [3.63, 3.8) is 0 Å². The van der Waals surface area contributed by atoms with Crippen molar-refractivity contribution < 1.29 is 8.91 Å². The van der Waals surface area contributed by atoms with Gasteiger partial charge in [0.25, 0.3) is 0 Å². The first-order chi connectivity index (χ1) is 12.5. The molecule has 1 aliphatic rings. The lowest BCUT2D eigenvalue weighted by Crippen LogP contribution is -2.29. The Morgan fingerprint density at radius 3 is 2.77 bits per heavy atom. The number of allylic oxidation sites excluding steroid dienone is 1. The highest BCUT2D eigenvalue weighted by molar-refractivity contribution is 7.11. The van der Waals surface area contributed by atoms with Crippen molar-refractivity contribution in [1.29, 1.82) is 0 Å². The SMILES string of the molecule is CC1=C(c2cc(C)no2)C(c2ccc(F)cc2Cl)N=C(c2nccs2)N1. The smallest absolute Gasteiger partial charge is 0.167 e. The molecule has 0 aliphatic carbocycles. The first-order valence-electron chi connectivity index (χ1n) is 7.87. The molecule has 1 unspecified atom stereocenters. The van der Waals surface area contributed by atoms with Crippen LogP contribution in [0.2, 0.25) is 5.02 Å². The fraction of sp³-hybridized carbons (Fsp3) is 0.167. The van der Waals surface area contributed by atoms with Gasteiger partial charge in [-0.1, -0.05) is 22.8 Å². The van der Waals surface area contributed by atoms with Crippen molar-refractivity contribution in [2.75, 3.05) is 0 Å². The Kier molecular flexibility index (Phi) is 4.34. The Bertz CT molecular complexity index is 1030. The molecule has 0 radical (unpaired) electrons. The van der Waals surface area contributed by atoms with Crippen LogP contribution in [0.1, 0.15) is 35.0 Å². The van der Waals surface area contributed by atoms with E-state index in [1.807, 2.05) is 25.3 Å². The van der Waals surface area contributed by atoms with Gasteiger partial charge in [0, 0.05) is 39.5 Å². The average molecular weight is 389 g/mol. The van der Waals surface area contributed by atoms with Crippen molar-refractivity contribution in [2.45, 2.75) is 19.9 Å². The first-order valence-corrected chi connectivity index (χ1v) is 9.13. The predicted molar refractivity (Wildman–Crippen MR) is 99.8 cm³/mol. The molecule has 5 nitrogen and oxygen atoms in total. The average Bonchev–Trinajstić information content (AvgIpc) is 3.26. The van der Waals surface area contributed by atoms with Crippen molar-refractivity contribution >= 4 is 34.3 Å². The number of aliphatic imine (C=N–C) groups is 1. The Balaban J connectivity index is 1.88. The summed E-state index contributed by atoms with van der Waals surface area (Å²) < 4.78 is 19.0. The van der Waals surface area contributed by atoms with Gasteiger partial charge in [-0.2, -0.15) is 0 Å². The van der Waals surface area contributed by atoms with E-state index in [0.717, 1.165) is 22.0 Å². The number of rotatable bonds is 3. The number of nitrogens with one attached hydrogen (secondary N) is 1. The highest BCUT2D eigenvalue weighted by atomic mass is 35.5. The Morgan fingerprint density at radius 2 is 2.12 bits per heavy atom. The summed E-state index contributed by atoms with van der Waals surface area (Å²) in [4.78, 5) is 9.12. The van der Waals surface area contributed by atoms with Crippen molar-refractivity contribution in [3.05, 3.63) is 74.4 Å². The molecular weight excluding hydrogens is 375 g/mol. The minimum Gasteiger partial charge on any atom is -0.356 e. The number of nitrogens with zero attached hydrogens (tertiary/aromatic N) is 3. The van der Waals surface area contributed by atoms with Crippen LogP contribution < -0.4 is 5.32 Å². The number of thiazole rings is 1. The van der Waals surface area contributed by atoms with Crippen LogP contribution in [-0.2, 0) is 0 Å².